The van der Waals surface area contributed by atoms with Crippen LogP contribution in [-0.2, 0) is 5.41 Å². The van der Waals surface area contributed by atoms with Gasteiger partial charge in [0, 0.05) is 17.8 Å². The summed E-state index contributed by atoms with van der Waals surface area (Å²) in [6.07, 6.45) is 3.54. The van der Waals surface area contributed by atoms with Crippen molar-refractivity contribution in [3.8, 4) is 17.4 Å². The second kappa shape index (κ2) is 4.56. The Morgan fingerprint density at radius 3 is 2.60 bits per heavy atom. The molecule has 3 heterocycles. The molecule has 0 fully saturated rings. The number of pyridine rings is 1. The van der Waals surface area contributed by atoms with Gasteiger partial charge in [-0.25, -0.2) is 9.67 Å². The van der Waals surface area contributed by atoms with Gasteiger partial charge in [0.15, 0.2) is 11.6 Å². The van der Waals surface area contributed by atoms with Crippen LogP contribution in [0.2, 0.25) is 0 Å². The van der Waals surface area contributed by atoms with Gasteiger partial charge in [0.25, 0.3) is 5.89 Å². The number of hydrogen-bond donors (Lipinski definition) is 0. The standard InChI is InChI=1S/C14H15N5O/c1-14(2,3)13-17-12(20-18-13)10-6-4-7-11(16-10)19-9-5-8-15-19/h4-9H,1-3H3. The Morgan fingerprint density at radius 2 is 1.95 bits per heavy atom. The Labute approximate surface area is 116 Å². The molecule has 0 aliphatic heterocycles. The van der Waals surface area contributed by atoms with Gasteiger partial charge in [-0.1, -0.05) is 32.0 Å². The van der Waals surface area contributed by atoms with Gasteiger partial charge in [-0.15, -0.1) is 0 Å². The highest BCUT2D eigenvalue weighted by Crippen LogP contribution is 2.22. The van der Waals surface area contributed by atoms with Gasteiger partial charge in [0.05, 0.1) is 0 Å². The molecule has 0 saturated carbocycles. The summed E-state index contributed by atoms with van der Waals surface area (Å²) in [4.78, 5) is 8.89. The van der Waals surface area contributed by atoms with Crippen LogP contribution in [-0.4, -0.2) is 24.9 Å². The molecule has 0 spiro atoms. The summed E-state index contributed by atoms with van der Waals surface area (Å²) in [5.41, 5.74) is 0.488. The van der Waals surface area contributed by atoms with Gasteiger partial charge < -0.3 is 4.52 Å². The van der Waals surface area contributed by atoms with Crippen LogP contribution in [0.1, 0.15) is 26.6 Å². The first-order chi connectivity index (χ1) is 9.54. The van der Waals surface area contributed by atoms with Gasteiger partial charge in [0.1, 0.15) is 5.69 Å². The zero-order chi connectivity index (χ0) is 14.2. The monoisotopic (exact) mass is 269 g/mol. The minimum absolute atomic E-state index is 0.151. The third-order valence-corrected chi connectivity index (χ3v) is 2.79. The molecular formula is C14H15N5O. The van der Waals surface area contributed by atoms with E-state index in [-0.39, 0.29) is 5.41 Å². The van der Waals surface area contributed by atoms with Crippen LogP contribution in [0.4, 0.5) is 0 Å². The Balaban J connectivity index is 1.99. The molecule has 0 N–H and O–H groups in total. The number of nitrogens with zero attached hydrogens (tertiary/aromatic N) is 5. The average Bonchev–Trinajstić information content (AvgIpc) is 3.10. The van der Waals surface area contributed by atoms with Crippen LogP contribution in [0.5, 0.6) is 0 Å². The Hall–Kier alpha value is -2.50. The van der Waals surface area contributed by atoms with Gasteiger partial charge in [-0.3, -0.25) is 0 Å². The summed E-state index contributed by atoms with van der Waals surface area (Å²) in [6.45, 7) is 6.11. The lowest BCUT2D eigenvalue weighted by Crippen LogP contribution is -2.13. The Bertz CT molecular complexity index is 709. The molecule has 0 bridgehead atoms. The molecule has 20 heavy (non-hydrogen) atoms. The van der Waals surface area contributed by atoms with E-state index in [0.29, 0.717) is 23.2 Å². The van der Waals surface area contributed by atoms with E-state index in [9.17, 15) is 0 Å². The third-order valence-electron chi connectivity index (χ3n) is 2.79. The summed E-state index contributed by atoms with van der Waals surface area (Å²) in [5, 5.41) is 8.16. The van der Waals surface area contributed by atoms with Crippen LogP contribution in [0, 0.1) is 0 Å². The van der Waals surface area contributed by atoms with E-state index in [2.05, 4.69) is 20.2 Å². The molecule has 102 valence electrons. The van der Waals surface area contributed by atoms with E-state index in [1.165, 1.54) is 0 Å². The molecule has 0 atom stereocenters. The van der Waals surface area contributed by atoms with E-state index in [1.54, 1.807) is 10.9 Å². The van der Waals surface area contributed by atoms with Crippen molar-refractivity contribution >= 4 is 0 Å². The topological polar surface area (TPSA) is 69.6 Å². The summed E-state index contributed by atoms with van der Waals surface area (Å²) < 4.78 is 6.98. The maximum Gasteiger partial charge on any atom is 0.276 e. The van der Waals surface area contributed by atoms with Crippen molar-refractivity contribution in [2.24, 2.45) is 0 Å². The molecule has 0 aliphatic carbocycles. The second-order valence-electron chi connectivity index (χ2n) is 5.50. The van der Waals surface area contributed by atoms with Crippen LogP contribution in [0.25, 0.3) is 17.4 Å². The number of aromatic nitrogens is 5. The molecule has 3 aromatic rings. The van der Waals surface area contributed by atoms with Crippen LogP contribution < -0.4 is 0 Å². The maximum absolute atomic E-state index is 5.30. The minimum Gasteiger partial charge on any atom is -0.332 e. The molecular weight excluding hydrogens is 254 g/mol. The highest BCUT2D eigenvalue weighted by Gasteiger charge is 2.22. The van der Waals surface area contributed by atoms with Crippen LogP contribution in [0.15, 0.2) is 41.2 Å². The average molecular weight is 269 g/mol. The van der Waals surface area contributed by atoms with Crippen LogP contribution in [0.3, 0.4) is 0 Å². The van der Waals surface area contributed by atoms with Crippen molar-refractivity contribution < 1.29 is 4.52 Å². The molecule has 0 aliphatic rings. The van der Waals surface area contributed by atoms with E-state index < -0.39 is 0 Å². The lowest BCUT2D eigenvalue weighted by atomic mass is 9.96. The minimum atomic E-state index is -0.151. The predicted octanol–water partition coefficient (Wildman–Crippen LogP) is 2.61. The van der Waals surface area contributed by atoms with Crippen molar-refractivity contribution in [1.82, 2.24) is 24.9 Å². The maximum atomic E-state index is 5.30. The van der Waals surface area contributed by atoms with Gasteiger partial charge in [0.2, 0.25) is 0 Å². The predicted molar refractivity (Wildman–Crippen MR) is 73.4 cm³/mol. The summed E-state index contributed by atoms with van der Waals surface area (Å²) in [6, 6.07) is 7.45. The van der Waals surface area contributed by atoms with Crippen molar-refractivity contribution in [2.75, 3.05) is 0 Å². The molecule has 6 heteroatoms. The van der Waals surface area contributed by atoms with Gasteiger partial charge in [-0.05, 0) is 18.2 Å². The number of hydrogen-bond acceptors (Lipinski definition) is 5. The molecule has 0 saturated heterocycles. The first-order valence-corrected chi connectivity index (χ1v) is 6.36. The fraction of sp³-hybridized carbons (Fsp3) is 0.286. The SMILES string of the molecule is CC(C)(C)c1noc(-c2cccc(-n3cccn3)n2)n1. The molecule has 3 aromatic heterocycles. The summed E-state index contributed by atoms with van der Waals surface area (Å²) in [7, 11) is 0. The highest BCUT2D eigenvalue weighted by molar-refractivity contribution is 5.48. The smallest absolute Gasteiger partial charge is 0.276 e. The molecule has 0 radical (unpaired) electrons. The summed E-state index contributed by atoms with van der Waals surface area (Å²) in [5.74, 6) is 1.80. The molecule has 6 nitrogen and oxygen atoms in total. The molecule has 0 amide bonds. The zero-order valence-electron chi connectivity index (χ0n) is 11.6. The van der Waals surface area contributed by atoms with Crippen molar-refractivity contribution in [1.29, 1.82) is 0 Å². The fourth-order valence-corrected chi connectivity index (χ4v) is 1.71. The third kappa shape index (κ3) is 2.32. The lowest BCUT2D eigenvalue weighted by Gasteiger charge is -2.10. The van der Waals surface area contributed by atoms with Gasteiger partial charge in [-0.2, -0.15) is 10.1 Å². The van der Waals surface area contributed by atoms with E-state index in [0.717, 1.165) is 0 Å². The molecule has 3 rings (SSSR count). The molecule has 0 aromatic carbocycles. The first kappa shape index (κ1) is 12.5. The quantitative estimate of drug-likeness (QED) is 0.715. The van der Waals surface area contributed by atoms with Gasteiger partial charge >= 0.3 is 0 Å². The second-order valence-corrected chi connectivity index (χ2v) is 5.50. The first-order valence-electron chi connectivity index (χ1n) is 6.36. The van der Waals surface area contributed by atoms with Crippen molar-refractivity contribution in [2.45, 2.75) is 26.2 Å². The summed E-state index contributed by atoms with van der Waals surface area (Å²) >= 11 is 0. The lowest BCUT2D eigenvalue weighted by molar-refractivity contribution is 0.401. The van der Waals surface area contributed by atoms with Crippen LogP contribution >= 0.6 is 0 Å². The highest BCUT2D eigenvalue weighted by atomic mass is 16.5. The van der Waals surface area contributed by atoms with E-state index in [1.807, 2.05) is 51.2 Å². The van der Waals surface area contributed by atoms with Crippen molar-refractivity contribution in [3.63, 3.8) is 0 Å². The largest absolute Gasteiger partial charge is 0.332 e. The molecule has 0 unspecified atom stereocenters. The zero-order valence-corrected chi connectivity index (χ0v) is 11.6. The van der Waals surface area contributed by atoms with E-state index >= 15 is 0 Å². The number of rotatable bonds is 2. The Morgan fingerprint density at radius 1 is 1.10 bits per heavy atom. The van der Waals surface area contributed by atoms with Crippen molar-refractivity contribution in [3.05, 3.63) is 42.5 Å². The fourth-order valence-electron chi connectivity index (χ4n) is 1.71. The Kier molecular flexibility index (Phi) is 2.85. The van der Waals surface area contributed by atoms with E-state index in [4.69, 9.17) is 4.52 Å². The normalized spacial score (nSPS) is 11.8.